The molecule has 0 fully saturated rings. The zero-order valence-corrected chi connectivity index (χ0v) is 12.3. The Hall–Kier alpha value is -1.96. The van der Waals surface area contributed by atoms with Crippen molar-refractivity contribution >= 4 is 11.4 Å². The van der Waals surface area contributed by atoms with Gasteiger partial charge in [-0.1, -0.05) is 51.0 Å². The number of anilines is 2. The van der Waals surface area contributed by atoms with E-state index in [4.69, 9.17) is 11.5 Å². The van der Waals surface area contributed by atoms with Crippen molar-refractivity contribution in [1.82, 2.24) is 0 Å². The van der Waals surface area contributed by atoms with Crippen LogP contribution in [0, 0.1) is 5.92 Å². The highest BCUT2D eigenvalue weighted by Gasteiger charge is 2.22. The van der Waals surface area contributed by atoms with Crippen LogP contribution in [0.15, 0.2) is 48.5 Å². The summed E-state index contributed by atoms with van der Waals surface area (Å²) in [5.41, 5.74) is 15.9. The molecule has 0 radical (unpaired) electrons. The minimum absolute atomic E-state index is 0.409. The van der Waals surface area contributed by atoms with Crippen molar-refractivity contribution < 1.29 is 0 Å². The summed E-state index contributed by atoms with van der Waals surface area (Å²) < 4.78 is 0. The third-order valence-corrected chi connectivity index (χ3v) is 4.11. The molecule has 0 aliphatic carbocycles. The van der Waals surface area contributed by atoms with E-state index in [-0.39, 0.29) is 0 Å². The van der Waals surface area contributed by atoms with Gasteiger partial charge in [0.1, 0.15) is 0 Å². The fraction of sp³-hybridized carbons (Fsp3) is 0.333. The molecule has 0 saturated heterocycles. The standard InChI is InChI=1S/C18H24N2/c1-3-13(4-2)18(14-5-9-16(19)10-6-14)15-7-11-17(20)12-8-15/h5-13,18H,3-4,19-20H2,1-2H3. The predicted octanol–water partition coefficient (Wildman–Crippen LogP) is 4.42. The molecule has 2 aromatic carbocycles. The molecule has 20 heavy (non-hydrogen) atoms. The Balaban J connectivity index is 2.43. The SMILES string of the molecule is CCC(CC)C(c1ccc(N)cc1)c1ccc(N)cc1. The van der Waals surface area contributed by atoms with Gasteiger partial charge < -0.3 is 11.5 Å². The first-order chi connectivity index (χ1) is 9.65. The lowest BCUT2D eigenvalue weighted by molar-refractivity contribution is 0.438. The van der Waals surface area contributed by atoms with Gasteiger partial charge in [0.2, 0.25) is 0 Å². The maximum atomic E-state index is 5.81. The third kappa shape index (κ3) is 3.13. The van der Waals surface area contributed by atoms with Crippen LogP contribution < -0.4 is 11.5 Å². The van der Waals surface area contributed by atoms with Crippen LogP contribution in [0.4, 0.5) is 11.4 Å². The van der Waals surface area contributed by atoms with Crippen molar-refractivity contribution in [1.29, 1.82) is 0 Å². The Morgan fingerprint density at radius 3 is 1.35 bits per heavy atom. The molecule has 2 rings (SSSR count). The Bertz CT molecular complexity index is 479. The van der Waals surface area contributed by atoms with E-state index in [9.17, 15) is 0 Å². The van der Waals surface area contributed by atoms with E-state index in [2.05, 4.69) is 38.1 Å². The second kappa shape index (κ2) is 6.47. The number of hydrogen-bond acceptors (Lipinski definition) is 2. The van der Waals surface area contributed by atoms with Gasteiger partial charge in [-0.05, 0) is 41.3 Å². The highest BCUT2D eigenvalue weighted by molar-refractivity contribution is 5.46. The summed E-state index contributed by atoms with van der Waals surface area (Å²) in [5.74, 6) is 1.04. The van der Waals surface area contributed by atoms with Crippen molar-refractivity contribution in [3.8, 4) is 0 Å². The van der Waals surface area contributed by atoms with Crippen molar-refractivity contribution in [2.75, 3.05) is 11.5 Å². The average molecular weight is 268 g/mol. The van der Waals surface area contributed by atoms with Gasteiger partial charge in [-0.15, -0.1) is 0 Å². The third-order valence-electron chi connectivity index (χ3n) is 4.11. The van der Waals surface area contributed by atoms with Crippen LogP contribution in [-0.2, 0) is 0 Å². The summed E-state index contributed by atoms with van der Waals surface area (Å²) in [6, 6.07) is 16.5. The second-order valence-corrected chi connectivity index (χ2v) is 5.39. The predicted molar refractivity (Wildman–Crippen MR) is 87.6 cm³/mol. The van der Waals surface area contributed by atoms with Gasteiger partial charge in [0.15, 0.2) is 0 Å². The molecular weight excluding hydrogens is 244 g/mol. The van der Waals surface area contributed by atoms with Gasteiger partial charge >= 0.3 is 0 Å². The second-order valence-electron chi connectivity index (χ2n) is 5.39. The zero-order valence-electron chi connectivity index (χ0n) is 12.3. The van der Waals surface area contributed by atoms with E-state index in [1.165, 1.54) is 11.1 Å². The molecule has 0 unspecified atom stereocenters. The summed E-state index contributed by atoms with van der Waals surface area (Å²) in [7, 11) is 0. The van der Waals surface area contributed by atoms with Crippen molar-refractivity contribution in [3.63, 3.8) is 0 Å². The Morgan fingerprint density at radius 1 is 0.700 bits per heavy atom. The van der Waals surface area contributed by atoms with Gasteiger partial charge in [0.25, 0.3) is 0 Å². The molecule has 0 aliphatic heterocycles. The molecule has 0 aromatic heterocycles. The van der Waals surface area contributed by atoms with Crippen LogP contribution >= 0.6 is 0 Å². The smallest absolute Gasteiger partial charge is 0.0314 e. The lowest BCUT2D eigenvalue weighted by Gasteiger charge is -2.26. The summed E-state index contributed by atoms with van der Waals surface area (Å²) >= 11 is 0. The van der Waals surface area contributed by atoms with Crippen LogP contribution in [0.3, 0.4) is 0 Å². The quantitative estimate of drug-likeness (QED) is 0.789. The van der Waals surface area contributed by atoms with Gasteiger partial charge in [0.05, 0.1) is 0 Å². The van der Waals surface area contributed by atoms with Gasteiger partial charge in [0, 0.05) is 17.3 Å². The van der Waals surface area contributed by atoms with Crippen LogP contribution in [0.1, 0.15) is 43.7 Å². The van der Waals surface area contributed by atoms with Crippen LogP contribution in [0.2, 0.25) is 0 Å². The van der Waals surface area contributed by atoms with E-state index in [0.29, 0.717) is 11.8 Å². The summed E-state index contributed by atoms with van der Waals surface area (Å²) in [6.45, 7) is 4.52. The Morgan fingerprint density at radius 2 is 1.05 bits per heavy atom. The highest BCUT2D eigenvalue weighted by atomic mass is 14.5. The Kier molecular flexibility index (Phi) is 4.67. The highest BCUT2D eigenvalue weighted by Crippen LogP contribution is 2.36. The normalized spacial score (nSPS) is 11.2. The molecule has 2 heteroatoms. The molecule has 2 nitrogen and oxygen atoms in total. The fourth-order valence-corrected chi connectivity index (χ4v) is 2.90. The van der Waals surface area contributed by atoms with Crippen molar-refractivity contribution in [3.05, 3.63) is 59.7 Å². The maximum absolute atomic E-state index is 5.81. The minimum Gasteiger partial charge on any atom is -0.399 e. The monoisotopic (exact) mass is 268 g/mol. The number of rotatable bonds is 5. The van der Waals surface area contributed by atoms with Crippen molar-refractivity contribution in [2.45, 2.75) is 32.6 Å². The average Bonchev–Trinajstić information content (AvgIpc) is 2.47. The summed E-state index contributed by atoms with van der Waals surface area (Å²) in [6.07, 6.45) is 2.33. The van der Waals surface area contributed by atoms with Crippen LogP contribution in [-0.4, -0.2) is 0 Å². The Labute approximate surface area is 121 Å². The summed E-state index contributed by atoms with van der Waals surface area (Å²) in [5, 5.41) is 0. The first kappa shape index (κ1) is 14.4. The molecule has 0 bridgehead atoms. The molecule has 2 aromatic rings. The zero-order chi connectivity index (χ0) is 14.5. The molecule has 0 atom stereocenters. The number of benzene rings is 2. The van der Waals surface area contributed by atoms with Crippen LogP contribution in [0.25, 0.3) is 0 Å². The number of hydrogen-bond donors (Lipinski definition) is 2. The van der Waals surface area contributed by atoms with E-state index in [1.807, 2.05) is 24.3 Å². The van der Waals surface area contributed by atoms with E-state index >= 15 is 0 Å². The van der Waals surface area contributed by atoms with Gasteiger partial charge in [-0.2, -0.15) is 0 Å². The molecule has 0 saturated carbocycles. The molecule has 0 amide bonds. The summed E-state index contributed by atoms with van der Waals surface area (Å²) in [4.78, 5) is 0. The molecule has 4 N–H and O–H groups in total. The topological polar surface area (TPSA) is 52.0 Å². The molecular formula is C18H24N2. The lowest BCUT2D eigenvalue weighted by atomic mass is 9.78. The first-order valence-corrected chi connectivity index (χ1v) is 7.36. The van der Waals surface area contributed by atoms with Gasteiger partial charge in [-0.3, -0.25) is 0 Å². The minimum atomic E-state index is 0.409. The first-order valence-electron chi connectivity index (χ1n) is 7.36. The van der Waals surface area contributed by atoms with E-state index in [0.717, 1.165) is 24.2 Å². The largest absolute Gasteiger partial charge is 0.399 e. The van der Waals surface area contributed by atoms with E-state index < -0.39 is 0 Å². The van der Waals surface area contributed by atoms with E-state index in [1.54, 1.807) is 0 Å². The molecule has 106 valence electrons. The fourth-order valence-electron chi connectivity index (χ4n) is 2.90. The molecule has 0 heterocycles. The maximum Gasteiger partial charge on any atom is 0.0314 e. The van der Waals surface area contributed by atoms with Crippen LogP contribution in [0.5, 0.6) is 0 Å². The number of nitrogen functional groups attached to an aromatic ring is 2. The molecule has 0 spiro atoms. The number of nitrogens with two attached hydrogens (primary N) is 2. The lowest BCUT2D eigenvalue weighted by Crippen LogP contribution is -2.13. The molecule has 0 aliphatic rings. The van der Waals surface area contributed by atoms with Crippen molar-refractivity contribution in [2.24, 2.45) is 5.92 Å². The van der Waals surface area contributed by atoms with Gasteiger partial charge in [-0.25, -0.2) is 0 Å².